The van der Waals surface area contributed by atoms with Crippen LogP contribution in [0.15, 0.2) is 0 Å². The van der Waals surface area contributed by atoms with Gasteiger partial charge in [-0.2, -0.15) is 0 Å². The van der Waals surface area contributed by atoms with E-state index in [4.69, 9.17) is 0 Å². The van der Waals surface area contributed by atoms with Crippen molar-refractivity contribution in [2.45, 2.75) is 57.6 Å². The molecular formula is C13H24N2O4. The van der Waals surface area contributed by atoms with Crippen molar-refractivity contribution >= 4 is 12.0 Å². The maximum absolute atomic E-state index is 12.1. The summed E-state index contributed by atoms with van der Waals surface area (Å²) in [5.41, 5.74) is -1.92. The molecule has 6 nitrogen and oxygen atoms in total. The summed E-state index contributed by atoms with van der Waals surface area (Å²) in [5.74, 6) is -1.00. The lowest BCUT2D eigenvalue weighted by Crippen LogP contribution is -2.59. The minimum absolute atomic E-state index is 0.343. The van der Waals surface area contributed by atoms with Gasteiger partial charge in [0.25, 0.3) is 0 Å². The highest BCUT2D eigenvalue weighted by Crippen LogP contribution is 2.22. The van der Waals surface area contributed by atoms with Gasteiger partial charge in [-0.3, -0.25) is 0 Å². The monoisotopic (exact) mass is 272 g/mol. The number of carboxylic acids is 1. The third-order valence-electron chi connectivity index (χ3n) is 4.09. The van der Waals surface area contributed by atoms with Crippen LogP contribution in [0.5, 0.6) is 0 Å². The Bertz CT molecular complexity index is 341. The summed E-state index contributed by atoms with van der Waals surface area (Å²) in [5, 5.41) is 21.7. The Morgan fingerprint density at radius 1 is 1.26 bits per heavy atom. The largest absolute Gasteiger partial charge is 0.480 e. The van der Waals surface area contributed by atoms with E-state index in [1.807, 2.05) is 0 Å². The van der Waals surface area contributed by atoms with E-state index in [0.717, 1.165) is 0 Å². The summed E-state index contributed by atoms with van der Waals surface area (Å²) in [4.78, 5) is 25.0. The summed E-state index contributed by atoms with van der Waals surface area (Å²) < 4.78 is 0. The normalized spacial score (nSPS) is 19.1. The van der Waals surface area contributed by atoms with Gasteiger partial charge in [0.05, 0.1) is 5.60 Å². The summed E-state index contributed by atoms with van der Waals surface area (Å²) in [6, 6.07) is -0.360. The molecule has 6 heteroatoms. The van der Waals surface area contributed by atoms with Crippen LogP contribution < -0.4 is 5.32 Å². The molecule has 1 rings (SSSR count). The fourth-order valence-electron chi connectivity index (χ4n) is 2.26. The van der Waals surface area contributed by atoms with Crippen LogP contribution in [0.2, 0.25) is 0 Å². The quantitative estimate of drug-likeness (QED) is 0.717. The fourth-order valence-corrected chi connectivity index (χ4v) is 2.26. The SMILES string of the molecule is CCC(CC)(NC(=O)N1CCC(C)(O)CC1)C(=O)O. The Balaban J connectivity index is 2.66. The Morgan fingerprint density at radius 3 is 2.11 bits per heavy atom. The molecule has 1 aliphatic rings. The summed E-state index contributed by atoms with van der Waals surface area (Å²) in [7, 11) is 0. The zero-order chi connectivity index (χ0) is 14.7. The average Bonchev–Trinajstić information content (AvgIpc) is 2.35. The molecule has 1 fully saturated rings. The molecule has 0 saturated carbocycles. The number of rotatable bonds is 4. The lowest BCUT2D eigenvalue weighted by atomic mass is 9.92. The number of nitrogens with one attached hydrogen (secondary N) is 1. The van der Waals surface area contributed by atoms with Crippen molar-refractivity contribution in [3.05, 3.63) is 0 Å². The highest BCUT2D eigenvalue weighted by molar-refractivity contribution is 5.86. The summed E-state index contributed by atoms with van der Waals surface area (Å²) in [6.45, 7) is 6.14. The molecule has 0 aromatic heterocycles. The van der Waals surface area contributed by atoms with Gasteiger partial charge in [0.15, 0.2) is 0 Å². The zero-order valence-electron chi connectivity index (χ0n) is 11.9. The van der Waals surface area contributed by atoms with E-state index in [1.165, 1.54) is 0 Å². The number of carboxylic acid groups (broad SMARTS) is 1. The van der Waals surface area contributed by atoms with E-state index in [9.17, 15) is 19.8 Å². The van der Waals surface area contributed by atoms with Gasteiger partial charge in [-0.05, 0) is 32.6 Å². The van der Waals surface area contributed by atoms with Crippen molar-refractivity contribution in [2.75, 3.05) is 13.1 Å². The predicted octanol–water partition coefficient (Wildman–Crippen LogP) is 1.19. The number of aliphatic carboxylic acids is 1. The summed E-state index contributed by atoms with van der Waals surface area (Å²) >= 11 is 0. The molecule has 0 spiro atoms. The first-order valence-corrected chi connectivity index (χ1v) is 6.79. The van der Waals surface area contributed by atoms with Crippen LogP contribution in [0.25, 0.3) is 0 Å². The molecule has 0 aromatic carbocycles. The lowest BCUT2D eigenvalue weighted by molar-refractivity contribution is -0.144. The molecule has 1 saturated heterocycles. The van der Waals surface area contributed by atoms with E-state index < -0.39 is 17.1 Å². The number of carbonyl (C=O) groups excluding carboxylic acids is 1. The maximum atomic E-state index is 12.1. The number of carbonyl (C=O) groups is 2. The molecular weight excluding hydrogens is 248 g/mol. The van der Waals surface area contributed by atoms with Crippen LogP contribution in [0.3, 0.4) is 0 Å². The highest BCUT2D eigenvalue weighted by Gasteiger charge is 2.38. The number of urea groups is 1. The first-order chi connectivity index (χ1) is 8.76. The first-order valence-electron chi connectivity index (χ1n) is 6.79. The number of likely N-dealkylation sites (tertiary alicyclic amines) is 1. The highest BCUT2D eigenvalue weighted by atomic mass is 16.4. The number of nitrogens with zero attached hydrogens (tertiary/aromatic N) is 1. The van der Waals surface area contributed by atoms with Crippen molar-refractivity contribution in [1.82, 2.24) is 10.2 Å². The topological polar surface area (TPSA) is 89.9 Å². The van der Waals surface area contributed by atoms with Gasteiger partial charge in [-0.15, -0.1) is 0 Å². The minimum Gasteiger partial charge on any atom is -0.480 e. The molecule has 0 atom stereocenters. The van der Waals surface area contributed by atoms with Crippen LogP contribution in [0.1, 0.15) is 46.5 Å². The molecule has 0 aliphatic carbocycles. The average molecular weight is 272 g/mol. The second-order valence-corrected chi connectivity index (χ2v) is 5.51. The van der Waals surface area contributed by atoms with Crippen LogP contribution in [0.4, 0.5) is 4.79 Å². The van der Waals surface area contributed by atoms with E-state index in [0.29, 0.717) is 38.8 Å². The zero-order valence-corrected chi connectivity index (χ0v) is 11.9. The number of hydrogen-bond donors (Lipinski definition) is 3. The van der Waals surface area contributed by atoms with Crippen LogP contribution >= 0.6 is 0 Å². The Morgan fingerprint density at radius 2 is 1.74 bits per heavy atom. The van der Waals surface area contributed by atoms with Crippen molar-refractivity contribution in [3.63, 3.8) is 0 Å². The molecule has 110 valence electrons. The third kappa shape index (κ3) is 3.59. The summed E-state index contributed by atoms with van der Waals surface area (Å²) in [6.07, 6.45) is 1.71. The fraction of sp³-hybridized carbons (Fsp3) is 0.846. The second-order valence-electron chi connectivity index (χ2n) is 5.51. The van der Waals surface area contributed by atoms with E-state index >= 15 is 0 Å². The number of hydrogen-bond acceptors (Lipinski definition) is 3. The Kier molecular flexibility index (Phi) is 4.79. The van der Waals surface area contributed by atoms with Gasteiger partial charge < -0.3 is 20.4 Å². The molecule has 0 radical (unpaired) electrons. The van der Waals surface area contributed by atoms with Crippen LogP contribution in [-0.2, 0) is 4.79 Å². The molecule has 19 heavy (non-hydrogen) atoms. The van der Waals surface area contributed by atoms with E-state index in [2.05, 4.69) is 5.32 Å². The van der Waals surface area contributed by atoms with Crippen LogP contribution in [0, 0.1) is 0 Å². The minimum atomic E-state index is -1.20. The first kappa shape index (κ1) is 15.8. The van der Waals surface area contributed by atoms with E-state index in [-0.39, 0.29) is 6.03 Å². The molecule has 0 unspecified atom stereocenters. The van der Waals surface area contributed by atoms with Gasteiger partial charge in [0, 0.05) is 13.1 Å². The lowest BCUT2D eigenvalue weighted by Gasteiger charge is -2.38. The maximum Gasteiger partial charge on any atom is 0.329 e. The van der Waals surface area contributed by atoms with Gasteiger partial charge in [0.2, 0.25) is 0 Å². The Hall–Kier alpha value is -1.30. The standard InChI is InChI=1S/C13H24N2O4/c1-4-13(5-2,10(16)17)14-11(18)15-8-6-12(3,19)7-9-15/h19H,4-9H2,1-3H3,(H,14,18)(H,16,17). The van der Waals surface area contributed by atoms with Crippen molar-refractivity contribution < 1.29 is 19.8 Å². The van der Waals surface area contributed by atoms with E-state index in [1.54, 1.807) is 25.7 Å². The smallest absolute Gasteiger partial charge is 0.329 e. The molecule has 1 heterocycles. The molecule has 0 aromatic rings. The Labute approximate surface area is 113 Å². The van der Waals surface area contributed by atoms with Crippen LogP contribution in [-0.4, -0.2) is 51.3 Å². The second kappa shape index (κ2) is 5.77. The van der Waals surface area contributed by atoms with Crippen molar-refractivity contribution in [1.29, 1.82) is 0 Å². The van der Waals surface area contributed by atoms with Gasteiger partial charge in [-0.1, -0.05) is 13.8 Å². The van der Waals surface area contributed by atoms with Gasteiger partial charge in [0.1, 0.15) is 5.54 Å². The number of amides is 2. The van der Waals surface area contributed by atoms with Crippen molar-refractivity contribution in [3.8, 4) is 0 Å². The van der Waals surface area contributed by atoms with Gasteiger partial charge >= 0.3 is 12.0 Å². The van der Waals surface area contributed by atoms with Gasteiger partial charge in [-0.25, -0.2) is 9.59 Å². The molecule has 0 bridgehead atoms. The molecule has 1 aliphatic heterocycles. The third-order valence-corrected chi connectivity index (χ3v) is 4.09. The number of piperidine rings is 1. The molecule has 3 N–H and O–H groups in total. The number of aliphatic hydroxyl groups is 1. The van der Waals surface area contributed by atoms with Crippen molar-refractivity contribution in [2.24, 2.45) is 0 Å². The predicted molar refractivity (Wildman–Crippen MR) is 70.9 cm³/mol. The molecule has 2 amide bonds.